The Labute approximate surface area is 96.6 Å². The molecule has 0 aliphatic heterocycles. The first kappa shape index (κ1) is 9.23. The van der Waals surface area contributed by atoms with Crippen LogP contribution in [0.3, 0.4) is 0 Å². The van der Waals surface area contributed by atoms with Crippen LogP contribution in [0.5, 0.6) is 0 Å². The topological polar surface area (TPSA) is 46.5 Å². The standard InChI is InChI=1S/C11H8N4S/c16-11-10-9(6-12-7-13-10)14-15(11)8-4-2-1-3-5-8/h1-7,14H. The van der Waals surface area contributed by atoms with Crippen LogP contribution in [0.2, 0.25) is 0 Å². The molecule has 3 rings (SSSR count). The Morgan fingerprint density at radius 3 is 2.75 bits per heavy atom. The summed E-state index contributed by atoms with van der Waals surface area (Å²) in [7, 11) is 0. The second-order valence-electron chi connectivity index (χ2n) is 3.37. The number of nitrogens with one attached hydrogen (secondary N) is 1. The van der Waals surface area contributed by atoms with Gasteiger partial charge in [0.05, 0.1) is 11.9 Å². The fourth-order valence-electron chi connectivity index (χ4n) is 1.62. The van der Waals surface area contributed by atoms with Crippen molar-refractivity contribution in [2.24, 2.45) is 0 Å². The fourth-order valence-corrected chi connectivity index (χ4v) is 1.93. The maximum atomic E-state index is 5.35. The fraction of sp³-hybridized carbons (Fsp3) is 0. The Kier molecular flexibility index (Phi) is 2.04. The third-order valence-corrected chi connectivity index (χ3v) is 2.74. The highest BCUT2D eigenvalue weighted by atomic mass is 32.1. The van der Waals surface area contributed by atoms with Crippen LogP contribution in [0.25, 0.3) is 16.7 Å². The molecule has 1 N–H and O–H groups in total. The van der Waals surface area contributed by atoms with E-state index in [2.05, 4.69) is 15.1 Å². The molecule has 5 heteroatoms. The number of aromatic nitrogens is 4. The molecular weight excluding hydrogens is 220 g/mol. The summed E-state index contributed by atoms with van der Waals surface area (Å²) in [5.41, 5.74) is 2.61. The van der Waals surface area contributed by atoms with Crippen molar-refractivity contribution < 1.29 is 0 Å². The number of hydrogen-bond donors (Lipinski definition) is 1. The molecule has 0 fully saturated rings. The van der Waals surface area contributed by atoms with Gasteiger partial charge in [-0.1, -0.05) is 30.4 Å². The molecule has 16 heavy (non-hydrogen) atoms. The van der Waals surface area contributed by atoms with Crippen molar-refractivity contribution in [2.75, 3.05) is 0 Å². The van der Waals surface area contributed by atoms with E-state index in [1.807, 2.05) is 35.0 Å². The molecular formula is C11H8N4S. The SMILES string of the molecule is S=c1c2ncncc2[nH]n1-c1ccccc1. The normalized spacial score (nSPS) is 10.8. The van der Waals surface area contributed by atoms with Crippen molar-refractivity contribution in [3.8, 4) is 5.69 Å². The molecule has 0 aliphatic rings. The molecule has 2 aromatic heterocycles. The van der Waals surface area contributed by atoms with Crippen LogP contribution < -0.4 is 0 Å². The monoisotopic (exact) mass is 228 g/mol. The minimum atomic E-state index is 0.670. The Hall–Kier alpha value is -2.01. The van der Waals surface area contributed by atoms with Gasteiger partial charge in [0.15, 0.2) is 4.64 Å². The average molecular weight is 228 g/mol. The largest absolute Gasteiger partial charge is 0.289 e. The van der Waals surface area contributed by atoms with Crippen LogP contribution in [-0.4, -0.2) is 19.7 Å². The van der Waals surface area contributed by atoms with Crippen molar-refractivity contribution in [2.45, 2.75) is 0 Å². The molecule has 0 saturated heterocycles. The molecule has 0 saturated carbocycles. The first-order chi connectivity index (χ1) is 7.86. The Morgan fingerprint density at radius 1 is 1.19 bits per heavy atom. The molecule has 0 spiro atoms. The Morgan fingerprint density at radius 2 is 2.00 bits per heavy atom. The number of rotatable bonds is 1. The van der Waals surface area contributed by atoms with E-state index in [1.54, 1.807) is 6.20 Å². The van der Waals surface area contributed by atoms with Gasteiger partial charge in [0.25, 0.3) is 0 Å². The summed E-state index contributed by atoms with van der Waals surface area (Å²) < 4.78 is 2.50. The minimum Gasteiger partial charge on any atom is -0.289 e. The summed E-state index contributed by atoms with van der Waals surface area (Å²) in [4.78, 5) is 8.12. The maximum absolute atomic E-state index is 5.35. The lowest BCUT2D eigenvalue weighted by atomic mass is 10.3. The molecule has 0 bridgehead atoms. The zero-order valence-electron chi connectivity index (χ0n) is 8.29. The first-order valence-corrected chi connectivity index (χ1v) is 5.23. The Balaban J connectivity index is 2.34. The van der Waals surface area contributed by atoms with E-state index in [1.165, 1.54) is 6.33 Å². The van der Waals surface area contributed by atoms with Gasteiger partial charge < -0.3 is 0 Å². The van der Waals surface area contributed by atoms with E-state index in [-0.39, 0.29) is 0 Å². The molecule has 3 aromatic rings. The maximum Gasteiger partial charge on any atom is 0.154 e. The predicted molar refractivity (Wildman–Crippen MR) is 64.0 cm³/mol. The van der Waals surface area contributed by atoms with Crippen molar-refractivity contribution in [1.82, 2.24) is 19.7 Å². The molecule has 0 aliphatic carbocycles. The smallest absolute Gasteiger partial charge is 0.154 e. The summed E-state index contributed by atoms with van der Waals surface area (Å²) in [5.74, 6) is 0. The third kappa shape index (κ3) is 1.33. The van der Waals surface area contributed by atoms with Gasteiger partial charge in [-0.25, -0.2) is 14.6 Å². The predicted octanol–water partition coefficient (Wildman–Crippen LogP) is 2.48. The van der Waals surface area contributed by atoms with Crippen LogP contribution in [0, 0.1) is 4.64 Å². The van der Waals surface area contributed by atoms with E-state index < -0.39 is 0 Å². The van der Waals surface area contributed by atoms with E-state index in [4.69, 9.17) is 12.2 Å². The summed E-state index contributed by atoms with van der Waals surface area (Å²) in [5, 5.41) is 3.17. The lowest BCUT2D eigenvalue weighted by Gasteiger charge is -2.00. The third-order valence-electron chi connectivity index (χ3n) is 2.36. The molecule has 2 heterocycles. The number of benzene rings is 1. The molecule has 1 aromatic carbocycles. The van der Waals surface area contributed by atoms with Gasteiger partial charge in [0, 0.05) is 0 Å². The van der Waals surface area contributed by atoms with Crippen LogP contribution in [0.4, 0.5) is 0 Å². The minimum absolute atomic E-state index is 0.670. The van der Waals surface area contributed by atoms with Crippen molar-refractivity contribution >= 4 is 23.3 Å². The second-order valence-corrected chi connectivity index (χ2v) is 3.76. The lowest BCUT2D eigenvalue weighted by Crippen LogP contribution is -1.94. The van der Waals surface area contributed by atoms with Gasteiger partial charge in [-0.15, -0.1) is 0 Å². The van der Waals surface area contributed by atoms with Gasteiger partial charge in [0.1, 0.15) is 17.4 Å². The summed E-state index contributed by atoms with van der Waals surface area (Å²) in [6.45, 7) is 0. The summed E-state index contributed by atoms with van der Waals surface area (Å²) in [6, 6.07) is 9.87. The van der Waals surface area contributed by atoms with Gasteiger partial charge in [-0.3, -0.25) is 5.10 Å². The van der Waals surface area contributed by atoms with Crippen LogP contribution in [0.1, 0.15) is 0 Å². The van der Waals surface area contributed by atoms with Crippen LogP contribution >= 0.6 is 12.2 Å². The zero-order chi connectivity index (χ0) is 11.0. The summed E-state index contributed by atoms with van der Waals surface area (Å²) >= 11 is 5.35. The molecule has 0 radical (unpaired) electrons. The number of fused-ring (bicyclic) bond motifs is 1. The highest BCUT2D eigenvalue weighted by molar-refractivity contribution is 7.71. The lowest BCUT2D eigenvalue weighted by molar-refractivity contribution is 0.883. The highest BCUT2D eigenvalue weighted by Gasteiger charge is 2.05. The van der Waals surface area contributed by atoms with Gasteiger partial charge in [-0.05, 0) is 12.1 Å². The molecule has 4 nitrogen and oxygen atoms in total. The molecule has 0 unspecified atom stereocenters. The van der Waals surface area contributed by atoms with Crippen LogP contribution in [-0.2, 0) is 0 Å². The Bertz CT molecular complexity index is 684. The molecule has 0 atom stereocenters. The first-order valence-electron chi connectivity index (χ1n) is 4.82. The number of hydrogen-bond acceptors (Lipinski definition) is 3. The summed E-state index contributed by atoms with van der Waals surface area (Å²) in [6.07, 6.45) is 3.22. The number of H-pyrrole nitrogens is 1. The quantitative estimate of drug-likeness (QED) is 0.651. The van der Waals surface area contributed by atoms with Crippen molar-refractivity contribution in [3.63, 3.8) is 0 Å². The molecule has 0 amide bonds. The van der Waals surface area contributed by atoms with E-state index >= 15 is 0 Å². The van der Waals surface area contributed by atoms with Crippen molar-refractivity contribution in [1.29, 1.82) is 0 Å². The number of aromatic amines is 1. The van der Waals surface area contributed by atoms with E-state index in [0.29, 0.717) is 4.64 Å². The zero-order valence-corrected chi connectivity index (χ0v) is 9.11. The van der Waals surface area contributed by atoms with Crippen molar-refractivity contribution in [3.05, 3.63) is 47.5 Å². The van der Waals surface area contributed by atoms with E-state index in [9.17, 15) is 0 Å². The van der Waals surface area contributed by atoms with Gasteiger partial charge in [0.2, 0.25) is 0 Å². The number of nitrogens with zero attached hydrogens (tertiary/aromatic N) is 3. The molecule has 78 valence electrons. The van der Waals surface area contributed by atoms with Crippen LogP contribution in [0.15, 0.2) is 42.9 Å². The average Bonchev–Trinajstić information content (AvgIpc) is 2.69. The van der Waals surface area contributed by atoms with E-state index in [0.717, 1.165) is 16.7 Å². The van der Waals surface area contributed by atoms with Gasteiger partial charge >= 0.3 is 0 Å². The highest BCUT2D eigenvalue weighted by Crippen LogP contribution is 2.14. The second kappa shape index (κ2) is 3.53. The number of para-hydroxylation sites is 1. The van der Waals surface area contributed by atoms with Gasteiger partial charge in [-0.2, -0.15) is 0 Å².